The maximum absolute atomic E-state index is 12.6. The largest absolute Gasteiger partial charge is 0.351 e. The molecule has 3 nitrogen and oxygen atoms in total. The number of hydrogen-bond donors (Lipinski definition) is 2. The van der Waals surface area contributed by atoms with Crippen LogP contribution in [0.25, 0.3) is 0 Å². The van der Waals surface area contributed by atoms with Crippen molar-refractivity contribution in [1.82, 2.24) is 10.6 Å². The fourth-order valence-corrected chi connectivity index (χ4v) is 3.59. The number of aryl methyl sites for hydroxylation is 1. The van der Waals surface area contributed by atoms with Crippen LogP contribution in [0, 0.1) is 12.3 Å². The third kappa shape index (κ3) is 4.04. The van der Waals surface area contributed by atoms with Crippen LogP contribution in [0.5, 0.6) is 0 Å². The first-order valence-electron chi connectivity index (χ1n) is 8.77. The molecule has 2 aromatic rings. The second-order valence-electron chi connectivity index (χ2n) is 6.91. The van der Waals surface area contributed by atoms with Gasteiger partial charge < -0.3 is 10.6 Å². The van der Waals surface area contributed by atoms with Gasteiger partial charge in [-0.15, -0.1) is 0 Å². The Morgan fingerprint density at radius 1 is 1.04 bits per heavy atom. The molecule has 1 aliphatic heterocycles. The topological polar surface area (TPSA) is 41.1 Å². The molecule has 126 valence electrons. The van der Waals surface area contributed by atoms with Crippen molar-refractivity contribution in [2.75, 3.05) is 19.6 Å². The molecule has 0 bridgehead atoms. The third-order valence-corrected chi connectivity index (χ3v) is 5.10. The molecular formula is C21H26N2O. The van der Waals surface area contributed by atoms with E-state index in [1.807, 2.05) is 31.2 Å². The third-order valence-electron chi connectivity index (χ3n) is 5.10. The summed E-state index contributed by atoms with van der Waals surface area (Å²) in [5, 5.41) is 6.64. The van der Waals surface area contributed by atoms with Gasteiger partial charge in [-0.3, -0.25) is 4.79 Å². The Labute approximate surface area is 144 Å². The molecular weight excluding hydrogens is 296 g/mol. The Hall–Kier alpha value is -2.13. The average molecular weight is 322 g/mol. The van der Waals surface area contributed by atoms with E-state index in [1.54, 1.807) is 0 Å². The number of carbonyl (C=O) groups is 1. The summed E-state index contributed by atoms with van der Waals surface area (Å²) < 4.78 is 0. The van der Waals surface area contributed by atoms with Crippen LogP contribution in [0.3, 0.4) is 0 Å². The van der Waals surface area contributed by atoms with E-state index in [2.05, 4.69) is 41.0 Å². The van der Waals surface area contributed by atoms with E-state index in [9.17, 15) is 4.79 Å². The normalized spacial score (nSPS) is 16.5. The Morgan fingerprint density at radius 2 is 1.71 bits per heavy atom. The summed E-state index contributed by atoms with van der Waals surface area (Å²) in [6.07, 6.45) is 3.20. The van der Waals surface area contributed by atoms with Gasteiger partial charge in [0.15, 0.2) is 0 Å². The quantitative estimate of drug-likeness (QED) is 0.886. The van der Waals surface area contributed by atoms with Crippen molar-refractivity contribution < 1.29 is 4.79 Å². The number of piperidine rings is 1. The van der Waals surface area contributed by atoms with Crippen molar-refractivity contribution in [3.63, 3.8) is 0 Å². The van der Waals surface area contributed by atoms with E-state index in [1.165, 1.54) is 5.56 Å². The van der Waals surface area contributed by atoms with Crippen molar-refractivity contribution in [2.45, 2.75) is 26.2 Å². The van der Waals surface area contributed by atoms with Crippen molar-refractivity contribution in [1.29, 1.82) is 0 Å². The van der Waals surface area contributed by atoms with Gasteiger partial charge in [-0.25, -0.2) is 0 Å². The minimum atomic E-state index is 0.0408. The molecule has 3 heteroatoms. The molecule has 0 aromatic heterocycles. The van der Waals surface area contributed by atoms with Gasteiger partial charge in [-0.2, -0.15) is 0 Å². The Balaban J connectivity index is 1.70. The van der Waals surface area contributed by atoms with Gasteiger partial charge in [0.25, 0.3) is 5.91 Å². The summed E-state index contributed by atoms with van der Waals surface area (Å²) >= 11 is 0. The highest BCUT2D eigenvalue weighted by Crippen LogP contribution is 2.32. The zero-order valence-corrected chi connectivity index (χ0v) is 14.3. The Bertz CT molecular complexity index is 675. The molecule has 0 unspecified atom stereocenters. The fourth-order valence-electron chi connectivity index (χ4n) is 3.59. The molecule has 1 amide bonds. The van der Waals surface area contributed by atoms with Gasteiger partial charge >= 0.3 is 0 Å². The van der Waals surface area contributed by atoms with Crippen LogP contribution in [0.15, 0.2) is 54.6 Å². The van der Waals surface area contributed by atoms with Gasteiger partial charge in [-0.1, -0.05) is 48.5 Å². The van der Waals surface area contributed by atoms with Gasteiger partial charge in [-0.05, 0) is 61.9 Å². The summed E-state index contributed by atoms with van der Waals surface area (Å²) in [6.45, 7) is 4.76. The second-order valence-corrected chi connectivity index (χ2v) is 6.91. The van der Waals surface area contributed by atoms with Crippen LogP contribution in [0.1, 0.15) is 34.3 Å². The summed E-state index contributed by atoms with van der Waals surface area (Å²) in [4.78, 5) is 12.6. The van der Waals surface area contributed by atoms with Crippen molar-refractivity contribution in [3.8, 4) is 0 Å². The van der Waals surface area contributed by atoms with Crippen LogP contribution in [-0.2, 0) is 6.42 Å². The average Bonchev–Trinajstić information content (AvgIpc) is 2.62. The summed E-state index contributed by atoms with van der Waals surface area (Å²) in [5.74, 6) is 0.0408. The zero-order valence-electron chi connectivity index (χ0n) is 14.3. The van der Waals surface area contributed by atoms with Gasteiger partial charge in [0, 0.05) is 12.1 Å². The number of hydrogen-bond acceptors (Lipinski definition) is 2. The molecule has 0 aliphatic carbocycles. The first kappa shape index (κ1) is 16.7. The molecule has 24 heavy (non-hydrogen) atoms. The van der Waals surface area contributed by atoms with E-state index >= 15 is 0 Å². The maximum atomic E-state index is 12.6. The minimum Gasteiger partial charge on any atom is -0.351 e. The van der Waals surface area contributed by atoms with E-state index in [0.29, 0.717) is 0 Å². The molecule has 1 aliphatic rings. The smallest absolute Gasteiger partial charge is 0.251 e. The number of nitrogens with one attached hydrogen (secondary N) is 2. The SMILES string of the molecule is Cc1ccccc1C(=O)NCC1(Cc2ccccc2)CCNCC1. The summed E-state index contributed by atoms with van der Waals surface area (Å²) in [5.41, 5.74) is 3.30. The van der Waals surface area contributed by atoms with E-state index in [-0.39, 0.29) is 11.3 Å². The lowest BCUT2D eigenvalue weighted by Gasteiger charge is -2.38. The molecule has 0 saturated carbocycles. The summed E-state index contributed by atoms with van der Waals surface area (Å²) in [6, 6.07) is 18.4. The molecule has 1 heterocycles. The van der Waals surface area contributed by atoms with Gasteiger partial charge in [0.05, 0.1) is 0 Å². The molecule has 2 aromatic carbocycles. The van der Waals surface area contributed by atoms with E-state index in [4.69, 9.17) is 0 Å². The van der Waals surface area contributed by atoms with Crippen LogP contribution in [0.4, 0.5) is 0 Å². The van der Waals surface area contributed by atoms with Gasteiger partial charge in [0.1, 0.15) is 0 Å². The molecule has 1 fully saturated rings. The second kappa shape index (κ2) is 7.63. The highest BCUT2D eigenvalue weighted by Gasteiger charge is 2.32. The lowest BCUT2D eigenvalue weighted by molar-refractivity contribution is 0.0912. The van der Waals surface area contributed by atoms with Crippen LogP contribution in [0.2, 0.25) is 0 Å². The molecule has 0 atom stereocenters. The van der Waals surface area contributed by atoms with Crippen molar-refractivity contribution in [3.05, 3.63) is 71.3 Å². The number of benzene rings is 2. The van der Waals surface area contributed by atoms with Crippen LogP contribution >= 0.6 is 0 Å². The number of amides is 1. The fraction of sp³-hybridized carbons (Fsp3) is 0.381. The lowest BCUT2D eigenvalue weighted by atomic mass is 9.74. The Morgan fingerprint density at radius 3 is 2.42 bits per heavy atom. The zero-order chi connectivity index (χ0) is 16.8. The molecule has 0 spiro atoms. The predicted octanol–water partition coefficient (Wildman–Crippen LogP) is 3.34. The van der Waals surface area contributed by atoms with Crippen molar-refractivity contribution in [2.24, 2.45) is 5.41 Å². The highest BCUT2D eigenvalue weighted by molar-refractivity contribution is 5.95. The summed E-state index contributed by atoms with van der Waals surface area (Å²) in [7, 11) is 0. The first-order valence-corrected chi connectivity index (χ1v) is 8.77. The Kier molecular flexibility index (Phi) is 5.31. The number of carbonyl (C=O) groups excluding carboxylic acids is 1. The lowest BCUT2D eigenvalue weighted by Crippen LogP contribution is -2.46. The molecule has 3 rings (SSSR count). The standard InChI is InChI=1S/C21H26N2O/c1-17-7-5-6-10-19(17)20(24)23-16-21(11-13-22-14-12-21)15-18-8-3-2-4-9-18/h2-10,22H,11-16H2,1H3,(H,23,24). The molecule has 1 saturated heterocycles. The van der Waals surface area contributed by atoms with Crippen molar-refractivity contribution >= 4 is 5.91 Å². The van der Waals surface area contributed by atoms with E-state index in [0.717, 1.165) is 50.0 Å². The molecule has 2 N–H and O–H groups in total. The minimum absolute atomic E-state index is 0.0408. The predicted molar refractivity (Wildman–Crippen MR) is 98.2 cm³/mol. The van der Waals surface area contributed by atoms with Gasteiger partial charge in [0.2, 0.25) is 0 Å². The highest BCUT2D eigenvalue weighted by atomic mass is 16.1. The monoisotopic (exact) mass is 322 g/mol. The maximum Gasteiger partial charge on any atom is 0.251 e. The van der Waals surface area contributed by atoms with Crippen LogP contribution < -0.4 is 10.6 Å². The first-order chi connectivity index (χ1) is 11.7. The van der Waals surface area contributed by atoms with E-state index < -0.39 is 0 Å². The number of rotatable bonds is 5. The van der Waals surface area contributed by atoms with Crippen LogP contribution in [-0.4, -0.2) is 25.5 Å². The molecule has 0 radical (unpaired) electrons.